The average Bonchev–Trinajstić information content (AvgIpc) is 3.61. The normalized spacial score (nSPS) is 14.6. The summed E-state index contributed by atoms with van der Waals surface area (Å²) in [5.74, 6) is -0.660. The van der Waals surface area contributed by atoms with Gasteiger partial charge >= 0.3 is 18.6 Å². The van der Waals surface area contributed by atoms with Crippen LogP contribution in [0.2, 0.25) is 5.02 Å². The zero-order valence-corrected chi connectivity index (χ0v) is 25.5. The van der Waals surface area contributed by atoms with Gasteiger partial charge in [0.05, 0.1) is 34.4 Å². The third-order valence-corrected chi connectivity index (χ3v) is 7.49. The summed E-state index contributed by atoms with van der Waals surface area (Å²) in [5, 5.41) is 6.95. The van der Waals surface area contributed by atoms with Gasteiger partial charge in [0.1, 0.15) is 18.7 Å². The molecule has 1 saturated heterocycles. The van der Waals surface area contributed by atoms with Crippen LogP contribution >= 0.6 is 23.4 Å². The number of urea groups is 1. The molecule has 1 fully saturated rings. The van der Waals surface area contributed by atoms with Crippen LogP contribution in [0, 0.1) is 6.92 Å². The summed E-state index contributed by atoms with van der Waals surface area (Å²) in [6.07, 6.45) is -7.98. The third-order valence-electron chi connectivity index (χ3n) is 6.26. The fraction of sp³-hybridized carbons (Fsp3) is 0.207. The number of nitrogens with one attached hydrogen (secondary N) is 1. The Morgan fingerprint density at radius 2 is 1.81 bits per heavy atom. The number of benzene rings is 3. The van der Waals surface area contributed by atoms with E-state index in [4.69, 9.17) is 16.3 Å². The number of carbonyl (C=O) groups is 2. The molecule has 47 heavy (non-hydrogen) atoms. The van der Waals surface area contributed by atoms with E-state index in [1.54, 1.807) is 31.2 Å². The summed E-state index contributed by atoms with van der Waals surface area (Å²) >= 11 is 7.38. The van der Waals surface area contributed by atoms with Crippen molar-refractivity contribution in [3.05, 3.63) is 83.1 Å². The lowest BCUT2D eigenvalue weighted by molar-refractivity contribution is -0.274. The van der Waals surface area contributed by atoms with Gasteiger partial charge in [-0.2, -0.15) is 18.2 Å². The van der Waals surface area contributed by atoms with E-state index in [0.717, 1.165) is 34.4 Å². The van der Waals surface area contributed by atoms with Crippen LogP contribution < -0.4 is 15.0 Å². The topological polar surface area (TPSA) is 111 Å². The van der Waals surface area contributed by atoms with E-state index < -0.39 is 43.4 Å². The first-order chi connectivity index (χ1) is 22.1. The smallest absolute Gasteiger partial charge is 0.406 e. The van der Waals surface area contributed by atoms with E-state index in [9.17, 15) is 35.9 Å². The minimum absolute atomic E-state index is 0.00862. The van der Waals surface area contributed by atoms with Gasteiger partial charge in [-0.1, -0.05) is 41.1 Å². The molecule has 5 rings (SSSR count). The number of rotatable bonds is 8. The maximum absolute atomic E-state index is 12.9. The zero-order chi connectivity index (χ0) is 33.9. The molecule has 1 aliphatic rings. The Bertz CT molecular complexity index is 1830. The summed E-state index contributed by atoms with van der Waals surface area (Å²) in [6, 6.07) is 13.4. The molecule has 0 radical (unpaired) electrons. The molecule has 2 heterocycles. The Balaban J connectivity index is 1.28. The van der Waals surface area contributed by atoms with Crippen LogP contribution in [-0.4, -0.2) is 56.8 Å². The zero-order valence-electron chi connectivity index (χ0n) is 23.9. The van der Waals surface area contributed by atoms with Crippen LogP contribution in [0.3, 0.4) is 0 Å². The monoisotopic (exact) mass is 698 g/mol. The molecule has 1 N–H and O–H groups in total. The SMILES string of the molecule is Cc1ccc(N2C(=O)CSC2=NC(=O)Nc2ccc(-n3cnc(-c4ccc(OC(F)(F)F)cc4)n3)cc2Cl)c(COCC(F)(F)F)c1. The molecule has 3 amide bonds. The maximum Gasteiger partial charge on any atom is 0.573 e. The van der Waals surface area contributed by atoms with E-state index in [1.165, 1.54) is 35.3 Å². The van der Waals surface area contributed by atoms with Crippen molar-refractivity contribution in [3.63, 3.8) is 0 Å². The molecule has 0 bridgehead atoms. The lowest BCUT2D eigenvalue weighted by Crippen LogP contribution is -2.31. The van der Waals surface area contributed by atoms with Crippen molar-refractivity contribution in [1.29, 1.82) is 0 Å². The van der Waals surface area contributed by atoms with Gasteiger partial charge in [-0.15, -0.1) is 18.3 Å². The minimum atomic E-state index is -4.82. The molecule has 0 atom stereocenters. The van der Waals surface area contributed by atoms with Crippen LogP contribution in [0.4, 0.5) is 42.5 Å². The van der Waals surface area contributed by atoms with Crippen LogP contribution in [0.25, 0.3) is 17.1 Å². The van der Waals surface area contributed by atoms with E-state index in [1.807, 2.05) is 0 Å². The summed E-state index contributed by atoms with van der Waals surface area (Å²) < 4.78 is 85.2. The van der Waals surface area contributed by atoms with Gasteiger partial charge in [0.15, 0.2) is 11.0 Å². The quantitative estimate of drug-likeness (QED) is 0.189. The molecule has 1 aliphatic heterocycles. The summed E-state index contributed by atoms with van der Waals surface area (Å²) in [5.41, 5.74) is 2.31. The molecule has 3 aromatic carbocycles. The van der Waals surface area contributed by atoms with Gasteiger partial charge < -0.3 is 14.8 Å². The highest BCUT2D eigenvalue weighted by atomic mass is 35.5. The van der Waals surface area contributed by atoms with E-state index >= 15 is 0 Å². The molecule has 4 aromatic rings. The Hall–Kier alpha value is -4.61. The maximum atomic E-state index is 12.9. The molecule has 0 spiro atoms. The molecule has 1 aromatic heterocycles. The number of carbonyl (C=O) groups excluding carboxylic acids is 2. The number of alkyl halides is 6. The number of hydrogen-bond donors (Lipinski definition) is 1. The highest BCUT2D eigenvalue weighted by Gasteiger charge is 2.33. The number of aryl methyl sites for hydroxylation is 1. The lowest BCUT2D eigenvalue weighted by atomic mass is 10.1. The number of amides is 3. The molecule has 0 aliphatic carbocycles. The van der Waals surface area contributed by atoms with Crippen molar-refractivity contribution in [2.45, 2.75) is 26.1 Å². The van der Waals surface area contributed by atoms with Gasteiger partial charge in [0.2, 0.25) is 5.91 Å². The average molecular weight is 699 g/mol. The number of amidine groups is 1. The molecule has 0 unspecified atom stereocenters. The minimum Gasteiger partial charge on any atom is -0.406 e. The van der Waals surface area contributed by atoms with Crippen molar-refractivity contribution >= 4 is 51.8 Å². The standard InChI is InChI=1S/C29H21ClF6N6O4S/c1-16-2-9-23(18(10-16)12-45-14-28(31,32)33)42-24(43)13-47-27(42)39-26(44)38-22-8-5-19(11-21(22)30)41-15-37-25(40-41)17-3-6-20(7-4-17)46-29(34,35)36/h2-11,15H,12-14H2,1H3,(H,38,44). The predicted molar refractivity (Wildman–Crippen MR) is 162 cm³/mol. The molecular weight excluding hydrogens is 678 g/mol. The van der Waals surface area contributed by atoms with E-state index in [0.29, 0.717) is 16.8 Å². The van der Waals surface area contributed by atoms with Crippen molar-refractivity contribution in [3.8, 4) is 22.8 Å². The highest BCUT2D eigenvalue weighted by molar-refractivity contribution is 8.15. The number of thioether (sulfide) groups is 1. The fourth-order valence-corrected chi connectivity index (χ4v) is 5.39. The number of anilines is 2. The van der Waals surface area contributed by atoms with Crippen molar-refractivity contribution < 1.29 is 45.4 Å². The first kappa shape index (κ1) is 33.7. The second kappa shape index (κ2) is 13.6. The number of nitrogens with zero attached hydrogens (tertiary/aromatic N) is 5. The molecule has 18 heteroatoms. The number of aromatic nitrogens is 3. The van der Waals surface area contributed by atoms with Gasteiger partial charge in [-0.05, 0) is 55.5 Å². The Kier molecular flexibility index (Phi) is 9.78. The van der Waals surface area contributed by atoms with Gasteiger partial charge in [-0.25, -0.2) is 14.5 Å². The first-order valence-corrected chi connectivity index (χ1v) is 14.7. The summed E-state index contributed by atoms with van der Waals surface area (Å²) in [6.45, 7) is -0.166. The molecular formula is C29H21ClF6N6O4S. The third kappa shape index (κ3) is 8.81. The summed E-state index contributed by atoms with van der Waals surface area (Å²) in [4.78, 5) is 35.0. The Morgan fingerprint density at radius 1 is 1.06 bits per heavy atom. The van der Waals surface area contributed by atoms with Gasteiger partial charge in [-0.3, -0.25) is 9.69 Å². The van der Waals surface area contributed by atoms with Gasteiger partial charge in [0, 0.05) is 11.1 Å². The number of ether oxygens (including phenoxy) is 2. The fourth-order valence-electron chi connectivity index (χ4n) is 4.31. The number of aliphatic imine (C=N–C) groups is 1. The lowest BCUT2D eigenvalue weighted by Gasteiger charge is -2.20. The highest BCUT2D eigenvalue weighted by Crippen LogP contribution is 2.32. The van der Waals surface area contributed by atoms with Crippen LogP contribution in [0.5, 0.6) is 5.75 Å². The van der Waals surface area contributed by atoms with Crippen LogP contribution in [-0.2, 0) is 16.1 Å². The van der Waals surface area contributed by atoms with E-state index in [2.05, 4.69) is 25.1 Å². The second-order valence-corrected chi connectivity index (χ2v) is 11.2. The van der Waals surface area contributed by atoms with Crippen molar-refractivity contribution in [2.24, 2.45) is 4.99 Å². The molecule has 10 nitrogen and oxygen atoms in total. The van der Waals surface area contributed by atoms with Crippen LogP contribution in [0.15, 0.2) is 72.0 Å². The Labute approximate surface area is 271 Å². The largest absolute Gasteiger partial charge is 0.573 e. The Morgan fingerprint density at radius 3 is 2.49 bits per heavy atom. The number of hydrogen-bond acceptors (Lipinski definition) is 7. The predicted octanol–water partition coefficient (Wildman–Crippen LogP) is 7.54. The van der Waals surface area contributed by atoms with Gasteiger partial charge in [0.25, 0.3) is 0 Å². The van der Waals surface area contributed by atoms with Crippen molar-refractivity contribution in [2.75, 3.05) is 22.6 Å². The molecule has 246 valence electrons. The number of halogens is 7. The summed E-state index contributed by atoms with van der Waals surface area (Å²) in [7, 11) is 0. The van der Waals surface area contributed by atoms with Crippen LogP contribution in [0.1, 0.15) is 11.1 Å². The van der Waals surface area contributed by atoms with Crippen molar-refractivity contribution in [1.82, 2.24) is 14.8 Å². The second-order valence-electron chi connectivity index (χ2n) is 9.83. The van der Waals surface area contributed by atoms with E-state index in [-0.39, 0.29) is 33.1 Å². The molecule has 0 saturated carbocycles. The first-order valence-electron chi connectivity index (χ1n) is 13.3.